The van der Waals surface area contributed by atoms with Crippen molar-refractivity contribution < 1.29 is 4.79 Å². The number of hydrogen-bond acceptors (Lipinski definition) is 1. The molecule has 1 amide bonds. The van der Waals surface area contributed by atoms with Crippen molar-refractivity contribution in [2.45, 2.75) is 59.3 Å². The van der Waals surface area contributed by atoms with Crippen LogP contribution >= 0.6 is 0 Å². The molecule has 0 aliphatic carbocycles. The Morgan fingerprint density at radius 1 is 0.947 bits per heavy atom. The molecule has 0 unspecified atom stereocenters. The van der Waals surface area contributed by atoms with Gasteiger partial charge in [-0.15, -0.1) is 0 Å². The van der Waals surface area contributed by atoms with Gasteiger partial charge in [-0.25, -0.2) is 0 Å². The third-order valence-electron chi connectivity index (χ3n) is 3.46. The number of para-hydroxylation sites is 1. The van der Waals surface area contributed by atoms with Gasteiger partial charge in [0.25, 0.3) is 0 Å². The first-order valence-electron chi connectivity index (χ1n) is 6.84. The maximum Gasteiger partial charge on any atom is 0.223 e. The van der Waals surface area contributed by atoms with Crippen molar-refractivity contribution in [3.05, 3.63) is 29.3 Å². The summed E-state index contributed by atoms with van der Waals surface area (Å²) in [7, 11) is 1.86. The van der Waals surface area contributed by atoms with Gasteiger partial charge in [0.2, 0.25) is 5.91 Å². The summed E-state index contributed by atoms with van der Waals surface area (Å²) < 4.78 is 0. The molecule has 0 heterocycles. The van der Waals surface area contributed by atoms with Crippen LogP contribution in [-0.2, 0) is 15.6 Å². The minimum Gasteiger partial charge on any atom is -0.315 e. The Bertz CT molecular complexity index is 443. The second-order valence-electron chi connectivity index (χ2n) is 7.28. The molecule has 0 fully saturated rings. The number of anilines is 1. The monoisotopic (exact) mass is 261 g/mol. The molecule has 0 bridgehead atoms. The summed E-state index contributed by atoms with van der Waals surface area (Å²) in [6.07, 6.45) is 0. The van der Waals surface area contributed by atoms with Crippen molar-refractivity contribution in [1.82, 2.24) is 0 Å². The molecule has 0 aromatic heterocycles. The maximum absolute atomic E-state index is 11.8. The molecule has 2 heteroatoms. The van der Waals surface area contributed by atoms with Gasteiger partial charge in [-0.05, 0) is 22.0 Å². The zero-order valence-electron chi connectivity index (χ0n) is 13.6. The fourth-order valence-electron chi connectivity index (χ4n) is 2.27. The molecule has 19 heavy (non-hydrogen) atoms. The lowest BCUT2D eigenvalue weighted by molar-refractivity contribution is -0.116. The number of hydrogen-bond donors (Lipinski definition) is 0. The Hall–Kier alpha value is -1.31. The highest BCUT2D eigenvalue weighted by Crippen LogP contribution is 2.39. The average Bonchev–Trinajstić information content (AvgIpc) is 2.24. The van der Waals surface area contributed by atoms with Gasteiger partial charge in [0.1, 0.15) is 0 Å². The molecular formula is C17H27NO. The second kappa shape index (κ2) is 4.99. The van der Waals surface area contributed by atoms with Crippen LogP contribution in [0.1, 0.15) is 59.6 Å². The SMILES string of the molecule is CC(=O)N(C)c1c(C(C)(C)C)cccc1C(C)(C)C. The van der Waals surface area contributed by atoms with Gasteiger partial charge in [-0.1, -0.05) is 59.7 Å². The average molecular weight is 261 g/mol. The Morgan fingerprint density at radius 2 is 1.32 bits per heavy atom. The minimum atomic E-state index is 0.0142. The van der Waals surface area contributed by atoms with Crippen LogP contribution < -0.4 is 4.90 Å². The Morgan fingerprint density at radius 3 is 1.58 bits per heavy atom. The first-order chi connectivity index (χ1) is 8.46. The first kappa shape index (κ1) is 15.7. The van der Waals surface area contributed by atoms with Crippen molar-refractivity contribution in [2.75, 3.05) is 11.9 Å². The van der Waals surface area contributed by atoms with E-state index in [1.54, 1.807) is 11.8 Å². The molecule has 2 nitrogen and oxygen atoms in total. The lowest BCUT2D eigenvalue weighted by Gasteiger charge is -2.33. The van der Waals surface area contributed by atoms with Crippen molar-refractivity contribution >= 4 is 11.6 Å². The molecule has 0 spiro atoms. The van der Waals surface area contributed by atoms with E-state index in [4.69, 9.17) is 0 Å². The lowest BCUT2D eigenvalue weighted by atomic mass is 9.78. The first-order valence-corrected chi connectivity index (χ1v) is 6.84. The lowest BCUT2D eigenvalue weighted by Crippen LogP contribution is -2.30. The second-order valence-corrected chi connectivity index (χ2v) is 7.28. The van der Waals surface area contributed by atoms with Gasteiger partial charge < -0.3 is 4.90 Å². The third kappa shape index (κ3) is 3.37. The highest BCUT2D eigenvalue weighted by atomic mass is 16.2. The van der Waals surface area contributed by atoms with E-state index in [1.807, 2.05) is 7.05 Å². The van der Waals surface area contributed by atoms with E-state index < -0.39 is 0 Å². The normalized spacial score (nSPS) is 12.4. The van der Waals surface area contributed by atoms with E-state index in [0.29, 0.717) is 0 Å². The summed E-state index contributed by atoms with van der Waals surface area (Å²) in [6, 6.07) is 6.35. The highest BCUT2D eigenvalue weighted by molar-refractivity contribution is 5.93. The van der Waals surface area contributed by atoms with Crippen molar-refractivity contribution in [3.63, 3.8) is 0 Å². The van der Waals surface area contributed by atoms with Gasteiger partial charge in [-0.2, -0.15) is 0 Å². The molecule has 0 atom stereocenters. The minimum absolute atomic E-state index is 0.0142. The molecule has 1 rings (SSSR count). The Balaban J connectivity index is 3.64. The van der Waals surface area contributed by atoms with Crippen molar-refractivity contribution in [1.29, 1.82) is 0 Å². The van der Waals surface area contributed by atoms with Gasteiger partial charge in [-0.3, -0.25) is 4.79 Å². The van der Waals surface area contributed by atoms with E-state index in [-0.39, 0.29) is 16.7 Å². The summed E-state index contributed by atoms with van der Waals surface area (Å²) in [4.78, 5) is 13.6. The predicted molar refractivity (Wildman–Crippen MR) is 82.9 cm³/mol. The van der Waals surface area contributed by atoms with E-state index in [1.165, 1.54) is 11.1 Å². The van der Waals surface area contributed by atoms with E-state index in [0.717, 1.165) is 5.69 Å². The Kier molecular flexibility index (Phi) is 4.14. The standard InChI is InChI=1S/C17H27NO/c1-12(19)18(8)15-13(16(2,3)4)10-9-11-14(15)17(5,6)7/h9-11H,1-8H3. The largest absolute Gasteiger partial charge is 0.315 e. The molecule has 0 saturated carbocycles. The summed E-state index contributed by atoms with van der Waals surface area (Å²) in [5.41, 5.74) is 3.53. The highest BCUT2D eigenvalue weighted by Gasteiger charge is 2.28. The number of amides is 1. The zero-order chi connectivity index (χ0) is 15.0. The van der Waals surface area contributed by atoms with Crippen LogP contribution in [0.15, 0.2) is 18.2 Å². The van der Waals surface area contributed by atoms with Crippen LogP contribution in [-0.4, -0.2) is 13.0 Å². The number of rotatable bonds is 1. The molecule has 0 aliphatic heterocycles. The molecule has 1 aromatic carbocycles. The van der Waals surface area contributed by atoms with Crippen LogP contribution in [0.5, 0.6) is 0 Å². The zero-order valence-corrected chi connectivity index (χ0v) is 13.6. The van der Waals surface area contributed by atoms with E-state index in [9.17, 15) is 4.79 Å². The van der Waals surface area contributed by atoms with Gasteiger partial charge >= 0.3 is 0 Å². The molecular weight excluding hydrogens is 234 g/mol. The molecule has 106 valence electrons. The summed E-state index contributed by atoms with van der Waals surface area (Å²) in [5, 5.41) is 0. The summed E-state index contributed by atoms with van der Waals surface area (Å²) in [5.74, 6) is 0.0715. The summed E-state index contributed by atoms with van der Waals surface area (Å²) in [6.45, 7) is 14.7. The molecule has 0 N–H and O–H groups in total. The van der Waals surface area contributed by atoms with Crippen LogP contribution in [0, 0.1) is 0 Å². The topological polar surface area (TPSA) is 20.3 Å². The van der Waals surface area contributed by atoms with Gasteiger partial charge in [0.15, 0.2) is 0 Å². The number of benzene rings is 1. The van der Waals surface area contributed by atoms with Crippen LogP contribution in [0.25, 0.3) is 0 Å². The Labute approximate surface area is 117 Å². The smallest absolute Gasteiger partial charge is 0.223 e. The molecule has 1 aromatic rings. The predicted octanol–water partition coefficient (Wildman–Crippen LogP) is 4.26. The van der Waals surface area contributed by atoms with Crippen LogP contribution in [0.3, 0.4) is 0 Å². The molecule has 0 radical (unpaired) electrons. The van der Waals surface area contributed by atoms with Crippen LogP contribution in [0.2, 0.25) is 0 Å². The van der Waals surface area contributed by atoms with Crippen molar-refractivity contribution in [2.24, 2.45) is 0 Å². The number of nitrogens with zero attached hydrogens (tertiary/aromatic N) is 1. The number of carbonyl (C=O) groups excluding carboxylic acids is 1. The quantitative estimate of drug-likeness (QED) is 0.739. The van der Waals surface area contributed by atoms with Crippen LogP contribution in [0.4, 0.5) is 5.69 Å². The molecule has 0 aliphatic rings. The fourth-order valence-corrected chi connectivity index (χ4v) is 2.27. The fraction of sp³-hybridized carbons (Fsp3) is 0.588. The molecule has 0 saturated heterocycles. The summed E-state index contributed by atoms with van der Waals surface area (Å²) >= 11 is 0. The van der Waals surface area contributed by atoms with E-state index >= 15 is 0 Å². The maximum atomic E-state index is 11.8. The van der Waals surface area contributed by atoms with Gasteiger partial charge in [0, 0.05) is 14.0 Å². The third-order valence-corrected chi connectivity index (χ3v) is 3.46. The van der Waals surface area contributed by atoms with Crippen molar-refractivity contribution in [3.8, 4) is 0 Å². The van der Waals surface area contributed by atoms with Gasteiger partial charge in [0.05, 0.1) is 5.69 Å². The number of carbonyl (C=O) groups is 1. The van der Waals surface area contributed by atoms with E-state index in [2.05, 4.69) is 59.7 Å².